The zero-order chi connectivity index (χ0) is 24.6. The van der Waals surface area contributed by atoms with E-state index < -0.39 is 38.8 Å². The van der Waals surface area contributed by atoms with Crippen LogP contribution in [0, 0.1) is 6.92 Å². The van der Waals surface area contributed by atoms with Gasteiger partial charge in [0.1, 0.15) is 4.90 Å². The number of aromatic nitrogens is 2. The molecule has 0 saturated carbocycles. The van der Waals surface area contributed by atoms with Crippen LogP contribution < -0.4 is 10.7 Å². The predicted octanol–water partition coefficient (Wildman–Crippen LogP) is 3.06. The van der Waals surface area contributed by atoms with E-state index in [4.69, 9.17) is 0 Å². The van der Waals surface area contributed by atoms with Crippen molar-refractivity contribution in [3.05, 3.63) is 81.8 Å². The summed E-state index contributed by atoms with van der Waals surface area (Å²) in [4.78, 5) is 25.1. The summed E-state index contributed by atoms with van der Waals surface area (Å²) in [7, 11) is -1.31. The van der Waals surface area contributed by atoms with Crippen molar-refractivity contribution in [1.29, 1.82) is 0 Å². The van der Waals surface area contributed by atoms with Gasteiger partial charge in [-0.2, -0.15) is 18.3 Å². The number of nitrogens with zero attached hydrogens (tertiary/aromatic N) is 3. The van der Waals surface area contributed by atoms with E-state index >= 15 is 0 Å². The number of nitrogens with one attached hydrogen (secondary N) is 1. The number of hydrogen-bond donors (Lipinski definition) is 1. The molecule has 0 aliphatic heterocycles. The van der Waals surface area contributed by atoms with Crippen molar-refractivity contribution in [3.63, 3.8) is 0 Å². The second kappa shape index (κ2) is 8.79. The lowest BCUT2D eigenvalue weighted by atomic mass is 10.1. The maximum absolute atomic E-state index is 13.5. The molecule has 1 amide bonds. The standard InChI is InChI=1S/C21H19F3N4O4S/c1-13-12-17(29)19(26-28(13)16-10-6-4-8-14(16)21(22,23)24)20(30)25-15-9-5-7-11-18(15)33(31,32)27(2)3/h4-12H,1-3H3,(H,25,30). The number of benzene rings is 2. The lowest BCUT2D eigenvalue weighted by Crippen LogP contribution is -2.29. The number of amides is 1. The molecule has 12 heteroatoms. The van der Waals surface area contributed by atoms with E-state index in [2.05, 4.69) is 10.4 Å². The fourth-order valence-electron chi connectivity index (χ4n) is 3.02. The molecule has 3 rings (SSSR count). The second-order valence-corrected chi connectivity index (χ2v) is 9.28. The molecule has 1 aromatic heterocycles. The van der Waals surface area contributed by atoms with Crippen LogP contribution in [0.3, 0.4) is 0 Å². The molecule has 0 atom stereocenters. The highest BCUT2D eigenvalue weighted by Gasteiger charge is 2.34. The third-order valence-electron chi connectivity index (χ3n) is 4.65. The first-order chi connectivity index (χ1) is 15.3. The Balaban J connectivity index is 2.10. The molecule has 174 valence electrons. The fourth-order valence-corrected chi connectivity index (χ4v) is 4.06. The molecule has 0 radical (unpaired) electrons. The number of halogens is 3. The first kappa shape index (κ1) is 24.1. The minimum atomic E-state index is -4.70. The SMILES string of the molecule is Cc1cc(=O)c(C(=O)Nc2ccccc2S(=O)(=O)N(C)C)nn1-c1ccccc1C(F)(F)F. The van der Waals surface area contributed by atoms with Crippen LogP contribution in [0.1, 0.15) is 21.7 Å². The van der Waals surface area contributed by atoms with Crippen LogP contribution >= 0.6 is 0 Å². The maximum Gasteiger partial charge on any atom is 0.418 e. The Kier molecular flexibility index (Phi) is 6.43. The number of rotatable bonds is 5. The second-order valence-electron chi connectivity index (χ2n) is 7.16. The third-order valence-corrected chi connectivity index (χ3v) is 6.53. The van der Waals surface area contributed by atoms with Crippen molar-refractivity contribution in [1.82, 2.24) is 14.1 Å². The van der Waals surface area contributed by atoms with E-state index in [1.165, 1.54) is 57.4 Å². The highest BCUT2D eigenvalue weighted by molar-refractivity contribution is 7.89. The Bertz CT molecular complexity index is 1380. The minimum Gasteiger partial charge on any atom is -0.319 e. The van der Waals surface area contributed by atoms with Crippen molar-refractivity contribution in [2.75, 3.05) is 19.4 Å². The summed E-state index contributed by atoms with van der Waals surface area (Å²) in [5.74, 6) is -1.07. The quantitative estimate of drug-likeness (QED) is 0.605. The van der Waals surface area contributed by atoms with Gasteiger partial charge >= 0.3 is 6.18 Å². The lowest BCUT2D eigenvalue weighted by molar-refractivity contribution is -0.137. The molecule has 1 N–H and O–H groups in total. The van der Waals surface area contributed by atoms with Gasteiger partial charge in [-0.25, -0.2) is 17.4 Å². The number of para-hydroxylation sites is 2. The zero-order valence-electron chi connectivity index (χ0n) is 17.7. The number of anilines is 1. The van der Waals surface area contributed by atoms with Crippen LogP contribution in [0.15, 0.2) is 64.3 Å². The van der Waals surface area contributed by atoms with Gasteiger partial charge in [-0.05, 0) is 31.2 Å². The Morgan fingerprint density at radius 1 is 1.06 bits per heavy atom. The Morgan fingerprint density at radius 2 is 1.67 bits per heavy atom. The van der Waals surface area contributed by atoms with E-state index in [9.17, 15) is 31.2 Å². The van der Waals surface area contributed by atoms with Gasteiger partial charge in [-0.15, -0.1) is 0 Å². The van der Waals surface area contributed by atoms with Crippen LogP contribution in [0.4, 0.5) is 18.9 Å². The summed E-state index contributed by atoms with van der Waals surface area (Å²) in [6.45, 7) is 1.38. The van der Waals surface area contributed by atoms with Crippen LogP contribution in [0.5, 0.6) is 0 Å². The van der Waals surface area contributed by atoms with Crippen molar-refractivity contribution >= 4 is 21.6 Å². The van der Waals surface area contributed by atoms with Gasteiger partial charge in [0, 0.05) is 25.9 Å². The topological polar surface area (TPSA) is 101 Å². The number of carbonyl (C=O) groups is 1. The largest absolute Gasteiger partial charge is 0.418 e. The molecule has 3 aromatic rings. The first-order valence-electron chi connectivity index (χ1n) is 9.44. The maximum atomic E-state index is 13.5. The molecule has 33 heavy (non-hydrogen) atoms. The van der Waals surface area contributed by atoms with Crippen molar-refractivity contribution < 1.29 is 26.4 Å². The van der Waals surface area contributed by atoms with Crippen LogP contribution in [0.2, 0.25) is 0 Å². The smallest absolute Gasteiger partial charge is 0.319 e. The Morgan fingerprint density at radius 3 is 2.30 bits per heavy atom. The van der Waals surface area contributed by atoms with E-state index in [0.29, 0.717) is 0 Å². The van der Waals surface area contributed by atoms with Crippen molar-refractivity contribution in [3.8, 4) is 5.69 Å². The van der Waals surface area contributed by atoms with Crippen LogP contribution in [-0.2, 0) is 16.2 Å². The van der Waals surface area contributed by atoms with E-state index in [1.54, 1.807) is 0 Å². The summed E-state index contributed by atoms with van der Waals surface area (Å²) in [5, 5.41) is 6.20. The van der Waals surface area contributed by atoms with E-state index in [-0.39, 0.29) is 22.0 Å². The van der Waals surface area contributed by atoms with E-state index in [0.717, 1.165) is 27.2 Å². The summed E-state index contributed by atoms with van der Waals surface area (Å²) >= 11 is 0. The number of aryl methyl sites for hydroxylation is 1. The molecule has 8 nitrogen and oxygen atoms in total. The molecule has 0 saturated heterocycles. The monoisotopic (exact) mass is 480 g/mol. The molecule has 0 aliphatic carbocycles. The van der Waals surface area contributed by atoms with Gasteiger partial charge in [0.05, 0.1) is 16.9 Å². The van der Waals surface area contributed by atoms with Crippen LogP contribution in [-0.4, -0.2) is 42.5 Å². The molecule has 1 heterocycles. The average Bonchev–Trinajstić information content (AvgIpc) is 2.73. The number of carbonyl (C=O) groups excluding carboxylic acids is 1. The van der Waals surface area contributed by atoms with Gasteiger partial charge in [-0.1, -0.05) is 24.3 Å². The predicted molar refractivity (Wildman–Crippen MR) is 115 cm³/mol. The van der Waals surface area contributed by atoms with Crippen molar-refractivity contribution in [2.45, 2.75) is 18.0 Å². The summed E-state index contributed by atoms with van der Waals surface area (Å²) in [6, 6.07) is 11.1. The summed E-state index contributed by atoms with van der Waals surface area (Å²) in [6.07, 6.45) is -4.70. The molecule has 0 bridgehead atoms. The third kappa shape index (κ3) is 4.81. The average molecular weight is 480 g/mol. The van der Waals surface area contributed by atoms with Crippen LogP contribution in [0.25, 0.3) is 5.69 Å². The lowest BCUT2D eigenvalue weighted by Gasteiger charge is -2.17. The fraction of sp³-hybridized carbons (Fsp3) is 0.190. The highest BCUT2D eigenvalue weighted by atomic mass is 32.2. The molecule has 0 fully saturated rings. The van der Waals surface area contributed by atoms with Gasteiger partial charge in [0.15, 0.2) is 5.69 Å². The molecular formula is C21H19F3N4O4S. The molecular weight excluding hydrogens is 461 g/mol. The Hall–Kier alpha value is -3.51. The summed E-state index contributed by atoms with van der Waals surface area (Å²) in [5.41, 5.74) is -2.94. The minimum absolute atomic E-state index is 0.0730. The van der Waals surface area contributed by atoms with Gasteiger partial charge in [-0.3, -0.25) is 9.59 Å². The zero-order valence-corrected chi connectivity index (χ0v) is 18.5. The van der Waals surface area contributed by atoms with Crippen molar-refractivity contribution in [2.24, 2.45) is 0 Å². The molecule has 0 unspecified atom stereocenters. The number of sulfonamides is 1. The molecule has 0 aliphatic rings. The summed E-state index contributed by atoms with van der Waals surface area (Å²) < 4.78 is 67.3. The highest BCUT2D eigenvalue weighted by Crippen LogP contribution is 2.33. The molecule has 0 spiro atoms. The first-order valence-corrected chi connectivity index (χ1v) is 10.9. The molecule has 2 aromatic carbocycles. The van der Waals surface area contributed by atoms with Gasteiger partial charge in [0.2, 0.25) is 15.5 Å². The normalized spacial score (nSPS) is 12.1. The van der Waals surface area contributed by atoms with Gasteiger partial charge in [0.25, 0.3) is 5.91 Å². The van der Waals surface area contributed by atoms with Gasteiger partial charge < -0.3 is 5.32 Å². The van der Waals surface area contributed by atoms with E-state index in [1.807, 2.05) is 0 Å². The number of alkyl halides is 3. The Labute approximate surface area is 187 Å². The number of hydrogen-bond acceptors (Lipinski definition) is 5.